The largest absolute Gasteiger partial charge is 0.356 e. The molecule has 1 aliphatic rings. The predicted octanol–water partition coefficient (Wildman–Crippen LogP) is 1.08. The first-order chi connectivity index (χ1) is 7.80. The molecule has 1 amide bonds. The minimum Gasteiger partial charge on any atom is -0.356 e. The number of sulfone groups is 1. The van der Waals surface area contributed by atoms with Crippen molar-refractivity contribution < 1.29 is 13.2 Å². The summed E-state index contributed by atoms with van der Waals surface area (Å²) in [5, 5.41) is 2.77. The molecule has 1 aromatic heterocycles. The van der Waals surface area contributed by atoms with E-state index in [4.69, 9.17) is 0 Å². The van der Waals surface area contributed by atoms with Crippen LogP contribution in [0.5, 0.6) is 0 Å². The Morgan fingerprint density at radius 1 is 1.59 bits per heavy atom. The summed E-state index contributed by atoms with van der Waals surface area (Å²) in [6.07, 6.45) is 2.12. The highest BCUT2D eigenvalue weighted by Gasteiger charge is 2.39. The number of carbonyl (C=O) groups excluding carboxylic acids is 1. The minimum atomic E-state index is -3.01. The van der Waals surface area contributed by atoms with Crippen LogP contribution in [0.2, 0.25) is 0 Å². The Balaban J connectivity index is 2.10. The fourth-order valence-electron chi connectivity index (χ4n) is 1.95. The van der Waals surface area contributed by atoms with E-state index in [0.29, 0.717) is 12.1 Å². The van der Waals surface area contributed by atoms with Crippen LogP contribution in [0.4, 0.5) is 0 Å². The molecule has 0 bridgehead atoms. The molecule has 0 saturated carbocycles. The van der Waals surface area contributed by atoms with Crippen LogP contribution in [0, 0.1) is 0 Å². The molecule has 1 fully saturated rings. The average Bonchev–Trinajstić information content (AvgIpc) is 2.71. The molecule has 0 radical (unpaired) electrons. The Morgan fingerprint density at radius 2 is 2.29 bits per heavy atom. The molecule has 1 unspecified atom stereocenters. The molecule has 1 atom stereocenters. The lowest BCUT2D eigenvalue weighted by Gasteiger charge is -2.23. The van der Waals surface area contributed by atoms with Crippen LogP contribution < -0.4 is 5.32 Å². The van der Waals surface area contributed by atoms with E-state index in [1.165, 1.54) is 0 Å². The SMILES string of the molecule is CC1(NC(=O)c2cc(Br)c[nH]2)CCS(=O)(=O)C1. The van der Waals surface area contributed by atoms with Gasteiger partial charge in [0.25, 0.3) is 5.91 Å². The number of aromatic amines is 1. The van der Waals surface area contributed by atoms with Crippen LogP contribution in [0.15, 0.2) is 16.7 Å². The van der Waals surface area contributed by atoms with Crippen molar-refractivity contribution in [1.29, 1.82) is 0 Å². The fraction of sp³-hybridized carbons (Fsp3) is 0.500. The molecule has 1 aliphatic heterocycles. The highest BCUT2D eigenvalue weighted by Crippen LogP contribution is 2.23. The summed E-state index contributed by atoms with van der Waals surface area (Å²) in [5.74, 6) is -0.137. The van der Waals surface area contributed by atoms with E-state index in [2.05, 4.69) is 26.2 Å². The maximum Gasteiger partial charge on any atom is 0.268 e. The van der Waals surface area contributed by atoms with E-state index in [-0.39, 0.29) is 17.4 Å². The topological polar surface area (TPSA) is 79.0 Å². The first-order valence-corrected chi connectivity index (χ1v) is 7.78. The molecule has 7 heteroatoms. The summed E-state index contributed by atoms with van der Waals surface area (Å²) in [5.41, 5.74) is -0.240. The first-order valence-electron chi connectivity index (χ1n) is 5.17. The smallest absolute Gasteiger partial charge is 0.268 e. The van der Waals surface area contributed by atoms with Gasteiger partial charge >= 0.3 is 0 Å². The summed E-state index contributed by atoms with van der Waals surface area (Å²) in [7, 11) is -3.01. The molecular formula is C10H13BrN2O3S. The predicted molar refractivity (Wildman–Crippen MR) is 67.6 cm³/mol. The molecule has 0 aliphatic carbocycles. The molecule has 17 heavy (non-hydrogen) atoms. The van der Waals surface area contributed by atoms with Gasteiger partial charge in [0.2, 0.25) is 0 Å². The fourth-order valence-corrected chi connectivity index (χ4v) is 4.39. The van der Waals surface area contributed by atoms with Crippen LogP contribution in [0.3, 0.4) is 0 Å². The molecule has 1 aromatic rings. The van der Waals surface area contributed by atoms with Gasteiger partial charge in [0.1, 0.15) is 5.69 Å². The van der Waals surface area contributed by atoms with Crippen LogP contribution >= 0.6 is 15.9 Å². The van der Waals surface area contributed by atoms with Gasteiger partial charge in [-0.3, -0.25) is 4.79 Å². The molecule has 2 rings (SSSR count). The summed E-state index contributed by atoms with van der Waals surface area (Å²) in [4.78, 5) is 14.7. The second-order valence-corrected chi connectivity index (χ2v) is 7.69. The van der Waals surface area contributed by atoms with Crippen LogP contribution in [0.25, 0.3) is 0 Å². The molecule has 0 spiro atoms. The normalized spacial score (nSPS) is 26.9. The van der Waals surface area contributed by atoms with E-state index >= 15 is 0 Å². The van der Waals surface area contributed by atoms with Crippen LogP contribution in [0.1, 0.15) is 23.8 Å². The monoisotopic (exact) mass is 320 g/mol. The average molecular weight is 321 g/mol. The third kappa shape index (κ3) is 2.90. The molecule has 94 valence electrons. The summed E-state index contributed by atoms with van der Waals surface area (Å²) in [6, 6.07) is 1.65. The molecule has 1 saturated heterocycles. The number of nitrogens with one attached hydrogen (secondary N) is 2. The van der Waals surface area contributed by atoms with Gasteiger partial charge in [0.05, 0.1) is 17.0 Å². The van der Waals surface area contributed by atoms with Crippen LogP contribution in [-0.4, -0.2) is 36.4 Å². The van der Waals surface area contributed by atoms with Crippen molar-refractivity contribution in [3.8, 4) is 0 Å². The van der Waals surface area contributed by atoms with Crippen molar-refractivity contribution in [1.82, 2.24) is 10.3 Å². The zero-order valence-electron chi connectivity index (χ0n) is 9.29. The standard InChI is InChI=1S/C10H13BrN2O3S/c1-10(2-3-17(15,16)6-10)13-9(14)8-4-7(11)5-12-8/h4-5,12H,2-3,6H2,1H3,(H,13,14). The van der Waals surface area contributed by atoms with Gasteiger partial charge in [0.15, 0.2) is 9.84 Å². The molecule has 2 heterocycles. The number of rotatable bonds is 2. The summed E-state index contributed by atoms with van der Waals surface area (Å²) < 4.78 is 23.6. The van der Waals surface area contributed by atoms with Crippen molar-refractivity contribution in [3.63, 3.8) is 0 Å². The number of carbonyl (C=O) groups is 1. The van der Waals surface area contributed by atoms with Crippen molar-refractivity contribution in [3.05, 3.63) is 22.4 Å². The Labute approximate surface area is 108 Å². The van der Waals surface area contributed by atoms with Gasteiger partial charge in [-0.2, -0.15) is 0 Å². The number of aromatic nitrogens is 1. The van der Waals surface area contributed by atoms with Gasteiger partial charge in [-0.25, -0.2) is 8.42 Å². The summed E-state index contributed by atoms with van der Waals surface area (Å²) in [6.45, 7) is 1.76. The minimum absolute atomic E-state index is 0.00756. The summed E-state index contributed by atoms with van der Waals surface area (Å²) >= 11 is 3.24. The lowest BCUT2D eigenvalue weighted by Crippen LogP contribution is -2.47. The molecule has 0 aromatic carbocycles. The zero-order chi connectivity index (χ0) is 12.7. The molecular weight excluding hydrogens is 308 g/mol. The Morgan fingerprint density at radius 3 is 2.76 bits per heavy atom. The van der Waals surface area contributed by atoms with Gasteiger partial charge in [0, 0.05) is 10.7 Å². The Bertz CT molecular complexity index is 552. The highest BCUT2D eigenvalue weighted by molar-refractivity contribution is 9.10. The second kappa shape index (κ2) is 4.13. The number of H-pyrrole nitrogens is 1. The van der Waals surface area contributed by atoms with Crippen molar-refractivity contribution in [2.45, 2.75) is 18.9 Å². The maximum atomic E-state index is 11.9. The quantitative estimate of drug-likeness (QED) is 0.856. The number of hydrogen-bond acceptors (Lipinski definition) is 3. The van der Waals surface area contributed by atoms with Gasteiger partial charge in [-0.05, 0) is 35.3 Å². The zero-order valence-corrected chi connectivity index (χ0v) is 11.7. The van der Waals surface area contributed by atoms with Crippen molar-refractivity contribution in [2.24, 2.45) is 0 Å². The van der Waals surface area contributed by atoms with Crippen molar-refractivity contribution in [2.75, 3.05) is 11.5 Å². The Kier molecular flexibility index (Phi) is 3.07. The number of amides is 1. The molecule has 5 nitrogen and oxygen atoms in total. The molecule has 2 N–H and O–H groups in total. The lowest BCUT2D eigenvalue weighted by atomic mass is 10.0. The second-order valence-electron chi connectivity index (χ2n) is 4.59. The third-order valence-corrected chi connectivity index (χ3v) is 5.17. The van der Waals surface area contributed by atoms with Crippen molar-refractivity contribution >= 4 is 31.7 Å². The van der Waals surface area contributed by atoms with E-state index in [1.807, 2.05) is 0 Å². The lowest BCUT2D eigenvalue weighted by molar-refractivity contribution is 0.0911. The van der Waals surface area contributed by atoms with E-state index in [0.717, 1.165) is 4.47 Å². The van der Waals surface area contributed by atoms with E-state index in [9.17, 15) is 13.2 Å². The van der Waals surface area contributed by atoms with Gasteiger partial charge in [-0.15, -0.1) is 0 Å². The van der Waals surface area contributed by atoms with Crippen LogP contribution in [-0.2, 0) is 9.84 Å². The van der Waals surface area contributed by atoms with Gasteiger partial charge in [-0.1, -0.05) is 0 Å². The van der Waals surface area contributed by atoms with Gasteiger partial charge < -0.3 is 10.3 Å². The highest BCUT2D eigenvalue weighted by atomic mass is 79.9. The maximum absolute atomic E-state index is 11.9. The third-order valence-electron chi connectivity index (χ3n) is 2.81. The number of halogens is 1. The van der Waals surface area contributed by atoms with E-state index in [1.54, 1.807) is 19.2 Å². The Hall–Kier alpha value is -0.820. The first kappa shape index (κ1) is 12.6. The van der Waals surface area contributed by atoms with E-state index < -0.39 is 15.4 Å². The number of hydrogen-bond donors (Lipinski definition) is 2.